The van der Waals surface area contributed by atoms with Gasteiger partial charge in [0.05, 0.1) is 34.6 Å². The third-order valence-electron chi connectivity index (χ3n) is 7.33. The van der Waals surface area contributed by atoms with E-state index < -0.39 is 15.8 Å². The average Bonchev–Trinajstić information content (AvgIpc) is 3.68. The summed E-state index contributed by atoms with van der Waals surface area (Å²) in [4.78, 5) is 29.7. The highest BCUT2D eigenvalue weighted by Crippen LogP contribution is 2.33. The van der Waals surface area contributed by atoms with Crippen LogP contribution >= 0.6 is 0 Å². The van der Waals surface area contributed by atoms with Crippen LogP contribution in [-0.2, 0) is 16.6 Å². The summed E-state index contributed by atoms with van der Waals surface area (Å²) in [5, 5.41) is 11.0. The minimum absolute atomic E-state index is 0.0430. The SMILES string of the molecule is CS(=O)(=O)NCc1cc(F)cc(-c2cccc3[nH]c(-c4[nH]nc5ncc(-c6cncc(NC(=O)c7ccccc7)c6)cc45)nc23)c1. The molecule has 0 saturated heterocycles. The van der Waals surface area contributed by atoms with Gasteiger partial charge in [-0.3, -0.25) is 14.9 Å². The highest BCUT2D eigenvalue weighted by atomic mass is 32.2. The standard InChI is InChI=1S/C33H25FN8O3S/c1-46(44,45)37-15-19-10-21(12-24(34)11-19)26-8-5-9-28-29(26)40-32(39-28)30-27-14-23(17-36-31(27)42-41-30)22-13-25(18-35-16-22)38-33(43)20-6-3-2-4-7-20/h2-14,16-18,37H,15H2,1H3,(H,38,43)(H,39,40)(H,36,41,42). The first-order valence-corrected chi connectivity index (χ1v) is 16.0. The van der Waals surface area contributed by atoms with Gasteiger partial charge >= 0.3 is 0 Å². The van der Waals surface area contributed by atoms with E-state index in [0.717, 1.165) is 17.4 Å². The fourth-order valence-electron chi connectivity index (χ4n) is 5.20. The van der Waals surface area contributed by atoms with Gasteiger partial charge in [0.15, 0.2) is 11.5 Å². The first-order valence-electron chi connectivity index (χ1n) is 14.1. The number of amides is 1. The predicted molar refractivity (Wildman–Crippen MR) is 174 cm³/mol. The van der Waals surface area contributed by atoms with Crippen LogP contribution in [0.3, 0.4) is 0 Å². The number of benzene rings is 3. The summed E-state index contributed by atoms with van der Waals surface area (Å²) < 4.78 is 40.2. The second-order valence-corrected chi connectivity index (χ2v) is 12.5. The minimum Gasteiger partial charge on any atom is -0.337 e. The van der Waals surface area contributed by atoms with Gasteiger partial charge < -0.3 is 10.3 Å². The molecule has 0 spiro atoms. The molecule has 228 valence electrons. The van der Waals surface area contributed by atoms with Crippen LogP contribution in [0.2, 0.25) is 0 Å². The van der Waals surface area contributed by atoms with Crippen molar-refractivity contribution >= 4 is 43.7 Å². The van der Waals surface area contributed by atoms with Gasteiger partial charge in [-0.15, -0.1) is 0 Å². The molecule has 0 saturated carbocycles. The highest BCUT2D eigenvalue weighted by Gasteiger charge is 2.17. The zero-order valence-corrected chi connectivity index (χ0v) is 25.1. The van der Waals surface area contributed by atoms with E-state index in [4.69, 9.17) is 4.98 Å². The maximum atomic E-state index is 14.6. The van der Waals surface area contributed by atoms with Crippen molar-refractivity contribution in [1.29, 1.82) is 0 Å². The predicted octanol–water partition coefficient (Wildman–Crippen LogP) is 5.67. The second-order valence-electron chi connectivity index (χ2n) is 10.7. The quantitative estimate of drug-likeness (QED) is 0.168. The molecule has 1 amide bonds. The number of hydrogen-bond donors (Lipinski definition) is 4. The van der Waals surface area contributed by atoms with E-state index >= 15 is 0 Å². The zero-order chi connectivity index (χ0) is 31.8. The number of carbonyl (C=O) groups excluding carboxylic acids is 1. The van der Waals surface area contributed by atoms with Crippen LogP contribution in [0, 0.1) is 5.82 Å². The largest absolute Gasteiger partial charge is 0.337 e. The molecule has 0 unspecified atom stereocenters. The number of nitrogens with zero attached hydrogens (tertiary/aromatic N) is 4. The zero-order valence-electron chi connectivity index (χ0n) is 24.2. The van der Waals surface area contributed by atoms with Gasteiger partial charge in [0.1, 0.15) is 11.5 Å². The van der Waals surface area contributed by atoms with Crippen molar-refractivity contribution in [3.8, 4) is 33.8 Å². The Morgan fingerprint density at radius 1 is 0.913 bits per heavy atom. The number of aromatic amines is 2. The lowest BCUT2D eigenvalue weighted by atomic mass is 10.0. The van der Waals surface area contributed by atoms with Gasteiger partial charge in [-0.1, -0.05) is 30.3 Å². The van der Waals surface area contributed by atoms with Gasteiger partial charge in [0.2, 0.25) is 10.0 Å². The molecule has 0 aliphatic heterocycles. The maximum absolute atomic E-state index is 14.6. The molecule has 4 N–H and O–H groups in total. The molecule has 4 heterocycles. The van der Waals surface area contributed by atoms with Gasteiger partial charge in [-0.25, -0.2) is 27.5 Å². The number of sulfonamides is 1. The number of rotatable bonds is 8. The van der Waals surface area contributed by atoms with E-state index in [0.29, 0.717) is 61.5 Å². The van der Waals surface area contributed by atoms with Crippen LogP contribution in [0.25, 0.3) is 55.8 Å². The van der Waals surface area contributed by atoms with Crippen molar-refractivity contribution in [3.63, 3.8) is 0 Å². The maximum Gasteiger partial charge on any atom is 0.255 e. The number of aromatic nitrogens is 6. The number of halogens is 1. The van der Waals surface area contributed by atoms with Gasteiger partial charge in [0, 0.05) is 41.2 Å². The first kappa shape index (κ1) is 29.0. The Hall–Kier alpha value is -5.79. The van der Waals surface area contributed by atoms with E-state index in [1.54, 1.807) is 48.9 Å². The molecule has 0 radical (unpaired) electrons. The summed E-state index contributed by atoms with van der Waals surface area (Å²) in [6.45, 7) is -0.0430. The first-order chi connectivity index (χ1) is 22.2. The van der Waals surface area contributed by atoms with Gasteiger partial charge in [0.25, 0.3) is 5.91 Å². The van der Waals surface area contributed by atoms with Gasteiger partial charge in [-0.05, 0) is 59.7 Å². The molecule has 0 fully saturated rings. The molecule has 4 aromatic heterocycles. The Morgan fingerprint density at radius 2 is 1.74 bits per heavy atom. The number of fused-ring (bicyclic) bond motifs is 2. The fourth-order valence-corrected chi connectivity index (χ4v) is 5.63. The Labute approximate surface area is 262 Å². The third kappa shape index (κ3) is 5.96. The normalized spacial score (nSPS) is 11.7. The lowest BCUT2D eigenvalue weighted by Crippen LogP contribution is -2.21. The summed E-state index contributed by atoms with van der Waals surface area (Å²) in [6.07, 6.45) is 6.00. The average molecular weight is 633 g/mol. The molecule has 46 heavy (non-hydrogen) atoms. The van der Waals surface area contributed by atoms with Gasteiger partial charge in [-0.2, -0.15) is 5.10 Å². The van der Waals surface area contributed by atoms with E-state index in [9.17, 15) is 17.6 Å². The number of nitrogens with one attached hydrogen (secondary N) is 4. The van der Waals surface area contributed by atoms with Crippen molar-refractivity contribution in [3.05, 3.63) is 114 Å². The Morgan fingerprint density at radius 3 is 2.57 bits per heavy atom. The number of hydrogen-bond acceptors (Lipinski definition) is 7. The summed E-state index contributed by atoms with van der Waals surface area (Å²) >= 11 is 0. The molecule has 3 aromatic carbocycles. The second kappa shape index (κ2) is 11.6. The Bertz CT molecular complexity index is 2370. The van der Waals surface area contributed by atoms with Crippen molar-refractivity contribution < 1.29 is 17.6 Å². The molecule has 7 rings (SSSR count). The summed E-state index contributed by atoms with van der Waals surface area (Å²) in [5.74, 6) is -0.234. The lowest BCUT2D eigenvalue weighted by Gasteiger charge is -2.08. The monoisotopic (exact) mass is 632 g/mol. The molecule has 7 aromatic rings. The lowest BCUT2D eigenvalue weighted by molar-refractivity contribution is 0.102. The molecule has 11 nitrogen and oxygen atoms in total. The smallest absolute Gasteiger partial charge is 0.255 e. The summed E-state index contributed by atoms with van der Waals surface area (Å²) in [6, 6.07) is 22.6. The molecule has 13 heteroatoms. The van der Waals surface area contributed by atoms with E-state index in [1.807, 2.05) is 36.4 Å². The number of para-hydroxylation sites is 1. The Kier molecular flexibility index (Phi) is 7.31. The topological polar surface area (TPSA) is 158 Å². The van der Waals surface area contributed by atoms with Crippen molar-refractivity contribution in [1.82, 2.24) is 34.9 Å². The van der Waals surface area contributed by atoms with Crippen LogP contribution in [0.4, 0.5) is 10.1 Å². The van der Waals surface area contributed by atoms with Crippen LogP contribution in [0.5, 0.6) is 0 Å². The fraction of sp³-hybridized carbons (Fsp3) is 0.0606. The van der Waals surface area contributed by atoms with Crippen molar-refractivity contribution in [2.45, 2.75) is 6.54 Å². The number of carbonyl (C=O) groups is 1. The van der Waals surface area contributed by atoms with Crippen molar-refractivity contribution in [2.24, 2.45) is 0 Å². The Balaban J connectivity index is 1.22. The number of imidazole rings is 1. The number of H-pyrrole nitrogens is 2. The number of pyridine rings is 2. The number of anilines is 1. The van der Waals surface area contributed by atoms with E-state index in [2.05, 4.69) is 35.2 Å². The summed E-state index contributed by atoms with van der Waals surface area (Å²) in [7, 11) is -3.45. The van der Waals surface area contributed by atoms with Crippen LogP contribution < -0.4 is 10.0 Å². The molecule has 0 aliphatic carbocycles. The van der Waals surface area contributed by atoms with E-state index in [1.165, 1.54) is 12.1 Å². The van der Waals surface area contributed by atoms with E-state index in [-0.39, 0.29) is 12.5 Å². The van der Waals surface area contributed by atoms with Crippen LogP contribution in [0.15, 0.2) is 97.5 Å². The molecule has 0 atom stereocenters. The highest BCUT2D eigenvalue weighted by molar-refractivity contribution is 7.88. The molecule has 0 aliphatic rings. The molecule has 0 bridgehead atoms. The molecular weight excluding hydrogens is 607 g/mol. The minimum atomic E-state index is -3.45. The summed E-state index contributed by atoms with van der Waals surface area (Å²) in [5.41, 5.74) is 6.67. The van der Waals surface area contributed by atoms with Crippen LogP contribution in [-0.4, -0.2) is 50.7 Å². The third-order valence-corrected chi connectivity index (χ3v) is 8.00. The van der Waals surface area contributed by atoms with Crippen molar-refractivity contribution in [2.75, 3.05) is 11.6 Å². The molecular formula is C33H25FN8O3S. The van der Waals surface area contributed by atoms with Crippen LogP contribution in [0.1, 0.15) is 15.9 Å².